The Morgan fingerprint density at radius 1 is 1.90 bits per heavy atom. The molecule has 0 aliphatic heterocycles. The van der Waals surface area contributed by atoms with Crippen LogP contribution in [-0.2, 0) is 18.3 Å². The maximum atomic E-state index is 10.1. The van der Waals surface area contributed by atoms with Crippen molar-refractivity contribution in [3.05, 3.63) is 16.4 Å². The van der Waals surface area contributed by atoms with E-state index in [0.717, 1.165) is 16.5 Å². The van der Waals surface area contributed by atoms with Gasteiger partial charge in [-0.25, -0.2) is 0 Å². The van der Waals surface area contributed by atoms with Crippen molar-refractivity contribution in [1.82, 2.24) is 9.78 Å². The molecule has 0 N–H and O–H groups in total. The SMILES string of the molecule is Cn1ncc(Br)c1CC=O. The molecule has 3 nitrogen and oxygen atoms in total. The number of halogens is 1. The van der Waals surface area contributed by atoms with Crippen molar-refractivity contribution in [3.63, 3.8) is 0 Å². The molecule has 0 aromatic carbocycles. The average molecular weight is 203 g/mol. The second-order valence-corrected chi connectivity index (χ2v) is 2.79. The summed E-state index contributed by atoms with van der Waals surface area (Å²) < 4.78 is 2.57. The number of aldehydes is 1. The van der Waals surface area contributed by atoms with Crippen molar-refractivity contribution in [2.24, 2.45) is 7.05 Å². The summed E-state index contributed by atoms with van der Waals surface area (Å²) in [6.45, 7) is 0. The molecule has 0 fully saturated rings. The van der Waals surface area contributed by atoms with Gasteiger partial charge in [0, 0.05) is 13.5 Å². The second-order valence-electron chi connectivity index (χ2n) is 1.93. The van der Waals surface area contributed by atoms with E-state index in [1.807, 2.05) is 7.05 Å². The minimum Gasteiger partial charge on any atom is -0.303 e. The first kappa shape index (κ1) is 7.47. The molecule has 0 amide bonds. The van der Waals surface area contributed by atoms with E-state index in [0.29, 0.717) is 6.42 Å². The van der Waals surface area contributed by atoms with E-state index >= 15 is 0 Å². The highest BCUT2D eigenvalue weighted by molar-refractivity contribution is 9.10. The Balaban J connectivity index is 2.97. The van der Waals surface area contributed by atoms with Crippen molar-refractivity contribution in [3.8, 4) is 0 Å². The number of nitrogens with zero attached hydrogens (tertiary/aromatic N) is 2. The van der Waals surface area contributed by atoms with Crippen LogP contribution in [0.25, 0.3) is 0 Å². The molecule has 54 valence electrons. The molecule has 1 rings (SSSR count). The zero-order valence-electron chi connectivity index (χ0n) is 5.54. The van der Waals surface area contributed by atoms with Crippen LogP contribution in [0.3, 0.4) is 0 Å². The summed E-state index contributed by atoms with van der Waals surface area (Å²) in [6.07, 6.45) is 2.96. The highest BCUT2D eigenvalue weighted by Crippen LogP contribution is 2.14. The van der Waals surface area contributed by atoms with Crippen LogP contribution in [-0.4, -0.2) is 16.1 Å². The Morgan fingerprint density at radius 2 is 2.60 bits per heavy atom. The number of carbonyl (C=O) groups is 1. The van der Waals surface area contributed by atoms with Crippen molar-refractivity contribution in [2.75, 3.05) is 0 Å². The van der Waals surface area contributed by atoms with Gasteiger partial charge in [0.15, 0.2) is 0 Å². The predicted molar refractivity (Wildman–Crippen MR) is 40.7 cm³/mol. The Morgan fingerprint density at radius 3 is 3.00 bits per heavy atom. The summed E-state index contributed by atoms with van der Waals surface area (Å²) in [6, 6.07) is 0. The average Bonchev–Trinajstić information content (AvgIpc) is 2.20. The Bertz CT molecular complexity index is 224. The van der Waals surface area contributed by atoms with Crippen LogP contribution in [0.5, 0.6) is 0 Å². The lowest BCUT2D eigenvalue weighted by molar-refractivity contribution is -0.107. The van der Waals surface area contributed by atoms with Crippen LogP contribution in [0.2, 0.25) is 0 Å². The molecule has 0 atom stereocenters. The summed E-state index contributed by atoms with van der Waals surface area (Å²) in [7, 11) is 1.81. The van der Waals surface area contributed by atoms with Gasteiger partial charge in [-0.1, -0.05) is 0 Å². The lowest BCUT2D eigenvalue weighted by Crippen LogP contribution is -1.98. The molecule has 4 heteroatoms. The van der Waals surface area contributed by atoms with Gasteiger partial charge in [0.1, 0.15) is 6.29 Å². The Kier molecular flexibility index (Phi) is 2.21. The molecule has 1 aromatic rings. The van der Waals surface area contributed by atoms with Gasteiger partial charge in [-0.2, -0.15) is 5.10 Å². The first-order valence-electron chi connectivity index (χ1n) is 2.85. The topological polar surface area (TPSA) is 34.9 Å². The molecule has 10 heavy (non-hydrogen) atoms. The van der Waals surface area contributed by atoms with E-state index < -0.39 is 0 Å². The molecule has 0 aliphatic rings. The first-order chi connectivity index (χ1) is 4.75. The molecule has 1 heterocycles. The highest BCUT2D eigenvalue weighted by Gasteiger charge is 2.03. The molecule has 0 saturated heterocycles. The van der Waals surface area contributed by atoms with Crippen molar-refractivity contribution < 1.29 is 4.79 Å². The van der Waals surface area contributed by atoms with Crippen LogP contribution >= 0.6 is 15.9 Å². The predicted octanol–water partition coefficient (Wildman–Crippen LogP) is 0.924. The number of aryl methyl sites for hydroxylation is 1. The van der Waals surface area contributed by atoms with E-state index in [9.17, 15) is 4.79 Å². The van der Waals surface area contributed by atoms with Crippen LogP contribution in [0, 0.1) is 0 Å². The van der Waals surface area contributed by atoms with Gasteiger partial charge in [0.2, 0.25) is 0 Å². The summed E-state index contributed by atoms with van der Waals surface area (Å²) in [5.41, 5.74) is 0.912. The van der Waals surface area contributed by atoms with Crippen LogP contribution < -0.4 is 0 Å². The normalized spacial score (nSPS) is 9.80. The summed E-state index contributed by atoms with van der Waals surface area (Å²) in [4.78, 5) is 10.1. The molecule has 0 saturated carbocycles. The number of hydrogen-bond acceptors (Lipinski definition) is 2. The van der Waals surface area contributed by atoms with Crippen molar-refractivity contribution in [1.29, 1.82) is 0 Å². The molecular weight excluding hydrogens is 196 g/mol. The van der Waals surface area contributed by atoms with Crippen LogP contribution in [0.1, 0.15) is 5.69 Å². The number of aromatic nitrogens is 2. The number of hydrogen-bond donors (Lipinski definition) is 0. The fraction of sp³-hybridized carbons (Fsp3) is 0.333. The minimum absolute atomic E-state index is 0.414. The molecule has 0 bridgehead atoms. The van der Waals surface area contributed by atoms with Gasteiger partial charge in [-0.15, -0.1) is 0 Å². The third-order valence-corrected chi connectivity index (χ3v) is 1.95. The van der Waals surface area contributed by atoms with Gasteiger partial charge in [0.05, 0.1) is 16.4 Å². The lowest BCUT2D eigenvalue weighted by Gasteiger charge is -1.94. The number of carbonyl (C=O) groups excluding carboxylic acids is 1. The van der Waals surface area contributed by atoms with E-state index in [1.54, 1.807) is 10.9 Å². The second kappa shape index (κ2) is 2.96. The minimum atomic E-state index is 0.414. The third-order valence-electron chi connectivity index (χ3n) is 1.29. The molecule has 0 aliphatic carbocycles. The van der Waals surface area contributed by atoms with Gasteiger partial charge >= 0.3 is 0 Å². The number of rotatable bonds is 2. The smallest absolute Gasteiger partial charge is 0.125 e. The van der Waals surface area contributed by atoms with E-state index in [2.05, 4.69) is 21.0 Å². The maximum Gasteiger partial charge on any atom is 0.125 e. The fourth-order valence-corrected chi connectivity index (χ4v) is 1.25. The molecule has 0 radical (unpaired) electrons. The Hall–Kier alpha value is -0.640. The van der Waals surface area contributed by atoms with E-state index in [-0.39, 0.29) is 0 Å². The lowest BCUT2D eigenvalue weighted by atomic mass is 10.3. The Labute approximate surface area is 67.2 Å². The van der Waals surface area contributed by atoms with Crippen LogP contribution in [0.4, 0.5) is 0 Å². The largest absolute Gasteiger partial charge is 0.303 e. The van der Waals surface area contributed by atoms with Crippen LogP contribution in [0.15, 0.2) is 10.7 Å². The first-order valence-corrected chi connectivity index (χ1v) is 3.65. The molecular formula is C6H7BrN2O. The summed E-state index contributed by atoms with van der Waals surface area (Å²) in [5.74, 6) is 0. The van der Waals surface area contributed by atoms with Gasteiger partial charge in [-0.3, -0.25) is 4.68 Å². The van der Waals surface area contributed by atoms with Crippen molar-refractivity contribution >= 4 is 22.2 Å². The quantitative estimate of drug-likeness (QED) is 0.670. The van der Waals surface area contributed by atoms with Gasteiger partial charge in [0.25, 0.3) is 0 Å². The van der Waals surface area contributed by atoms with Gasteiger partial charge in [-0.05, 0) is 15.9 Å². The van der Waals surface area contributed by atoms with Crippen molar-refractivity contribution in [2.45, 2.75) is 6.42 Å². The maximum absolute atomic E-state index is 10.1. The zero-order chi connectivity index (χ0) is 7.56. The zero-order valence-corrected chi connectivity index (χ0v) is 7.13. The van der Waals surface area contributed by atoms with E-state index in [1.165, 1.54) is 0 Å². The third kappa shape index (κ3) is 1.26. The summed E-state index contributed by atoms with van der Waals surface area (Å²) >= 11 is 3.28. The van der Waals surface area contributed by atoms with E-state index in [4.69, 9.17) is 0 Å². The summed E-state index contributed by atoms with van der Waals surface area (Å²) in [5, 5.41) is 3.95. The molecule has 0 spiro atoms. The monoisotopic (exact) mass is 202 g/mol. The highest BCUT2D eigenvalue weighted by atomic mass is 79.9. The standard InChI is InChI=1S/C6H7BrN2O/c1-9-6(2-3-10)5(7)4-8-9/h3-4H,2H2,1H3. The van der Waals surface area contributed by atoms with Gasteiger partial charge < -0.3 is 4.79 Å². The molecule has 0 unspecified atom stereocenters. The fourth-order valence-electron chi connectivity index (χ4n) is 0.745. The molecule has 1 aromatic heterocycles.